The molecule has 0 amide bonds. The van der Waals surface area contributed by atoms with Gasteiger partial charge in [0.05, 0.1) is 6.61 Å². The van der Waals surface area contributed by atoms with E-state index in [1.165, 1.54) is 22.8 Å². The number of nitrogens with two attached hydrogens (primary N) is 1. The molecule has 0 fully saturated rings. The van der Waals surface area contributed by atoms with Crippen molar-refractivity contribution in [2.75, 3.05) is 20.3 Å². The standard InChI is InChI=1S/C8H14N2O3S2/c1-13-5-4-10(15(9,11)12)7-8-3-2-6-14-8/h2-3,6H,4-5,7H2,1H3,(H2,9,11,12). The summed E-state index contributed by atoms with van der Waals surface area (Å²) < 4.78 is 28.5. The fourth-order valence-electron chi connectivity index (χ4n) is 1.07. The van der Waals surface area contributed by atoms with Crippen molar-refractivity contribution in [1.82, 2.24) is 4.31 Å². The van der Waals surface area contributed by atoms with Gasteiger partial charge in [-0.1, -0.05) is 6.07 Å². The lowest BCUT2D eigenvalue weighted by Gasteiger charge is -2.17. The predicted molar refractivity (Wildman–Crippen MR) is 59.7 cm³/mol. The highest BCUT2D eigenvalue weighted by Crippen LogP contribution is 2.12. The van der Waals surface area contributed by atoms with Crippen LogP contribution in [-0.4, -0.2) is 33.0 Å². The van der Waals surface area contributed by atoms with Crippen molar-refractivity contribution in [1.29, 1.82) is 0 Å². The van der Waals surface area contributed by atoms with E-state index in [2.05, 4.69) is 0 Å². The highest BCUT2D eigenvalue weighted by molar-refractivity contribution is 7.86. The zero-order valence-electron chi connectivity index (χ0n) is 8.42. The molecule has 0 aliphatic heterocycles. The maximum atomic E-state index is 11.2. The third kappa shape index (κ3) is 4.27. The molecule has 86 valence electrons. The van der Waals surface area contributed by atoms with Crippen LogP contribution in [0, 0.1) is 0 Å². The Bertz CT molecular complexity index is 375. The summed E-state index contributed by atoms with van der Waals surface area (Å²) in [6.45, 7) is 0.912. The molecule has 7 heteroatoms. The molecule has 5 nitrogen and oxygen atoms in total. The SMILES string of the molecule is COCCN(Cc1cccs1)S(N)(=O)=O. The normalized spacial score (nSPS) is 12.2. The summed E-state index contributed by atoms with van der Waals surface area (Å²) in [7, 11) is -2.13. The van der Waals surface area contributed by atoms with Crippen LogP contribution < -0.4 is 5.14 Å². The molecule has 0 saturated carbocycles. The molecule has 0 radical (unpaired) electrons. The minimum absolute atomic E-state index is 0.271. The van der Waals surface area contributed by atoms with E-state index >= 15 is 0 Å². The number of rotatable bonds is 6. The minimum Gasteiger partial charge on any atom is -0.383 e. The van der Waals surface area contributed by atoms with Gasteiger partial charge in [0.1, 0.15) is 0 Å². The number of ether oxygens (including phenoxy) is 1. The molecule has 2 N–H and O–H groups in total. The summed E-state index contributed by atoms with van der Waals surface area (Å²) in [5.74, 6) is 0. The van der Waals surface area contributed by atoms with Crippen molar-refractivity contribution < 1.29 is 13.2 Å². The van der Waals surface area contributed by atoms with Gasteiger partial charge in [0.2, 0.25) is 0 Å². The monoisotopic (exact) mass is 250 g/mol. The first kappa shape index (κ1) is 12.6. The lowest BCUT2D eigenvalue weighted by atomic mass is 10.4. The Hall–Kier alpha value is -0.470. The van der Waals surface area contributed by atoms with E-state index in [9.17, 15) is 8.42 Å². The van der Waals surface area contributed by atoms with Crippen molar-refractivity contribution in [3.8, 4) is 0 Å². The maximum Gasteiger partial charge on any atom is 0.277 e. The second-order valence-electron chi connectivity index (χ2n) is 2.95. The van der Waals surface area contributed by atoms with Crippen LogP contribution >= 0.6 is 11.3 Å². The first-order valence-electron chi connectivity index (χ1n) is 4.33. The maximum absolute atomic E-state index is 11.2. The molecule has 0 bridgehead atoms. The Kier molecular flexibility index (Phi) is 4.68. The van der Waals surface area contributed by atoms with Crippen LogP contribution in [0.2, 0.25) is 0 Å². The van der Waals surface area contributed by atoms with E-state index in [0.29, 0.717) is 13.2 Å². The van der Waals surface area contributed by atoms with Gasteiger partial charge >= 0.3 is 0 Å². The average Bonchev–Trinajstić information content (AvgIpc) is 2.62. The molecule has 0 aliphatic carbocycles. The lowest BCUT2D eigenvalue weighted by molar-refractivity contribution is 0.177. The highest BCUT2D eigenvalue weighted by Gasteiger charge is 2.17. The average molecular weight is 250 g/mol. The van der Waals surface area contributed by atoms with Crippen LogP contribution in [0.3, 0.4) is 0 Å². The van der Waals surface area contributed by atoms with Gasteiger partial charge in [0.25, 0.3) is 10.2 Å². The largest absolute Gasteiger partial charge is 0.383 e. The van der Waals surface area contributed by atoms with E-state index in [1.54, 1.807) is 0 Å². The quantitative estimate of drug-likeness (QED) is 0.794. The molecule has 0 aromatic carbocycles. The summed E-state index contributed by atoms with van der Waals surface area (Å²) in [5, 5.41) is 6.98. The Morgan fingerprint density at radius 3 is 2.80 bits per heavy atom. The summed E-state index contributed by atoms with van der Waals surface area (Å²) in [6, 6.07) is 3.74. The lowest BCUT2D eigenvalue weighted by Crippen LogP contribution is -2.38. The molecule has 1 aromatic rings. The fourth-order valence-corrected chi connectivity index (χ4v) is 2.51. The van der Waals surface area contributed by atoms with Crippen LogP contribution in [-0.2, 0) is 21.5 Å². The number of thiophene rings is 1. The summed E-state index contributed by atoms with van der Waals surface area (Å²) in [4.78, 5) is 0.958. The van der Waals surface area contributed by atoms with Crippen molar-refractivity contribution in [2.45, 2.75) is 6.54 Å². The third-order valence-electron chi connectivity index (χ3n) is 1.82. The molecule has 0 atom stereocenters. The van der Waals surface area contributed by atoms with Gasteiger partial charge in [-0.15, -0.1) is 11.3 Å². The molecular formula is C8H14N2O3S2. The molecule has 15 heavy (non-hydrogen) atoms. The first-order valence-corrected chi connectivity index (χ1v) is 6.71. The van der Waals surface area contributed by atoms with E-state index in [0.717, 1.165) is 4.88 Å². The molecule has 0 spiro atoms. The molecule has 1 aromatic heterocycles. The fraction of sp³-hybridized carbons (Fsp3) is 0.500. The van der Waals surface area contributed by atoms with E-state index in [4.69, 9.17) is 9.88 Å². The van der Waals surface area contributed by atoms with E-state index in [1.807, 2.05) is 17.5 Å². The van der Waals surface area contributed by atoms with Crippen molar-refractivity contribution in [3.63, 3.8) is 0 Å². The van der Waals surface area contributed by atoms with Gasteiger partial charge in [-0.05, 0) is 11.4 Å². The zero-order valence-corrected chi connectivity index (χ0v) is 10.1. The van der Waals surface area contributed by atoms with Gasteiger partial charge < -0.3 is 4.74 Å². The van der Waals surface area contributed by atoms with Crippen LogP contribution in [0.15, 0.2) is 17.5 Å². The number of hydrogen-bond acceptors (Lipinski definition) is 4. The van der Waals surface area contributed by atoms with Crippen molar-refractivity contribution >= 4 is 21.5 Å². The Morgan fingerprint density at radius 1 is 1.60 bits per heavy atom. The van der Waals surface area contributed by atoms with Crippen molar-refractivity contribution in [2.24, 2.45) is 5.14 Å². The summed E-state index contributed by atoms with van der Waals surface area (Å²) in [5.41, 5.74) is 0. The van der Waals surface area contributed by atoms with Crippen LogP contribution in [0.25, 0.3) is 0 Å². The van der Waals surface area contributed by atoms with Gasteiger partial charge in [-0.25, -0.2) is 5.14 Å². The predicted octanol–water partition coefficient (Wildman–Crippen LogP) is 0.400. The van der Waals surface area contributed by atoms with E-state index < -0.39 is 10.2 Å². The summed E-state index contributed by atoms with van der Waals surface area (Å²) in [6.07, 6.45) is 0. The molecule has 0 unspecified atom stereocenters. The molecule has 0 saturated heterocycles. The van der Waals surface area contributed by atoms with Gasteiger partial charge in [-0.3, -0.25) is 0 Å². The number of nitrogens with zero attached hydrogens (tertiary/aromatic N) is 1. The smallest absolute Gasteiger partial charge is 0.277 e. The van der Waals surface area contributed by atoms with E-state index in [-0.39, 0.29) is 6.54 Å². The summed E-state index contributed by atoms with van der Waals surface area (Å²) >= 11 is 1.50. The molecular weight excluding hydrogens is 236 g/mol. The van der Waals surface area contributed by atoms with Gasteiger partial charge in [-0.2, -0.15) is 12.7 Å². The Labute approximate surface area is 93.6 Å². The Morgan fingerprint density at radius 2 is 2.33 bits per heavy atom. The van der Waals surface area contributed by atoms with Crippen molar-refractivity contribution in [3.05, 3.63) is 22.4 Å². The number of methoxy groups -OCH3 is 1. The van der Waals surface area contributed by atoms with Crippen LogP contribution in [0.1, 0.15) is 4.88 Å². The second-order valence-corrected chi connectivity index (χ2v) is 5.53. The first-order chi connectivity index (χ1) is 7.04. The topological polar surface area (TPSA) is 72.6 Å². The molecule has 1 rings (SSSR count). The second kappa shape index (κ2) is 5.57. The number of hydrogen-bond donors (Lipinski definition) is 1. The third-order valence-corrected chi connectivity index (χ3v) is 3.71. The van der Waals surface area contributed by atoms with Gasteiger partial charge in [0, 0.05) is 25.1 Å². The Balaban J connectivity index is 2.65. The zero-order chi connectivity index (χ0) is 11.3. The van der Waals surface area contributed by atoms with Crippen LogP contribution in [0.5, 0.6) is 0 Å². The minimum atomic E-state index is -3.65. The molecule has 0 aliphatic rings. The van der Waals surface area contributed by atoms with Gasteiger partial charge in [0.15, 0.2) is 0 Å². The molecule has 1 heterocycles. The highest BCUT2D eigenvalue weighted by atomic mass is 32.2. The van der Waals surface area contributed by atoms with Crippen LogP contribution in [0.4, 0.5) is 0 Å².